The minimum atomic E-state index is -3.82. The van der Waals surface area contributed by atoms with Crippen molar-refractivity contribution in [2.24, 2.45) is 5.92 Å². The highest BCUT2D eigenvalue weighted by atomic mass is 32.2. The fourth-order valence-corrected chi connectivity index (χ4v) is 6.47. The molecule has 4 rings (SSSR count). The molecule has 1 aromatic carbocycles. The summed E-state index contributed by atoms with van der Waals surface area (Å²) >= 11 is 0. The average molecular weight is 481 g/mol. The summed E-state index contributed by atoms with van der Waals surface area (Å²) in [5.41, 5.74) is 0.178. The maximum absolute atomic E-state index is 13.0. The van der Waals surface area contributed by atoms with Crippen LogP contribution in [0.3, 0.4) is 0 Å². The number of rotatable bonds is 5. The molecular weight excluding hydrogens is 448 g/mol. The van der Waals surface area contributed by atoms with Crippen LogP contribution in [0.1, 0.15) is 39.0 Å². The molecule has 3 aliphatic heterocycles. The van der Waals surface area contributed by atoms with Gasteiger partial charge < -0.3 is 14.5 Å². The lowest BCUT2D eigenvalue weighted by molar-refractivity contribution is -0.384. The van der Waals surface area contributed by atoms with E-state index in [1.165, 1.54) is 16.4 Å². The second-order valence-corrected chi connectivity index (χ2v) is 11.0. The first-order valence-corrected chi connectivity index (χ1v) is 13.1. The fourth-order valence-electron chi connectivity index (χ4n) is 5.04. The number of hydrogen-bond acceptors (Lipinski definition) is 7. The number of amides is 1. The van der Waals surface area contributed by atoms with Gasteiger partial charge in [-0.15, -0.1) is 0 Å². The second-order valence-electron chi connectivity index (χ2n) is 9.06. The highest BCUT2D eigenvalue weighted by Crippen LogP contribution is 2.35. The van der Waals surface area contributed by atoms with Crippen LogP contribution in [0, 0.1) is 16.0 Å². The van der Waals surface area contributed by atoms with Crippen LogP contribution in [-0.2, 0) is 19.6 Å². The van der Waals surface area contributed by atoms with Crippen LogP contribution in [0.2, 0.25) is 0 Å². The van der Waals surface area contributed by atoms with Crippen LogP contribution >= 0.6 is 0 Å². The Morgan fingerprint density at radius 1 is 1.06 bits per heavy atom. The minimum Gasteiger partial charge on any atom is -0.379 e. The molecule has 3 fully saturated rings. The number of carbonyl (C=O) groups is 1. The largest absolute Gasteiger partial charge is 0.379 e. The third-order valence-corrected chi connectivity index (χ3v) is 8.92. The summed E-state index contributed by atoms with van der Waals surface area (Å²) in [4.78, 5) is 28.1. The normalized spacial score (nSPS) is 23.5. The molecule has 3 saturated heterocycles. The van der Waals surface area contributed by atoms with E-state index in [0.717, 1.165) is 31.9 Å². The third-order valence-electron chi connectivity index (χ3n) is 7.02. The van der Waals surface area contributed by atoms with Gasteiger partial charge in [0.1, 0.15) is 5.69 Å². The Labute approximate surface area is 194 Å². The van der Waals surface area contributed by atoms with Gasteiger partial charge in [-0.3, -0.25) is 14.9 Å². The number of nitro benzene ring substituents is 1. The van der Waals surface area contributed by atoms with Crippen molar-refractivity contribution in [2.45, 2.75) is 50.0 Å². The number of ether oxygens (including phenoxy) is 1. The van der Waals surface area contributed by atoms with Crippen molar-refractivity contribution in [1.29, 1.82) is 0 Å². The van der Waals surface area contributed by atoms with E-state index in [9.17, 15) is 23.3 Å². The first-order chi connectivity index (χ1) is 15.8. The molecule has 0 N–H and O–H groups in total. The predicted molar refractivity (Wildman–Crippen MR) is 123 cm³/mol. The smallest absolute Gasteiger partial charge is 0.293 e. The van der Waals surface area contributed by atoms with Gasteiger partial charge in [0, 0.05) is 50.7 Å². The van der Waals surface area contributed by atoms with Gasteiger partial charge in [-0.2, -0.15) is 4.31 Å². The van der Waals surface area contributed by atoms with Crippen molar-refractivity contribution >= 4 is 27.3 Å². The zero-order chi connectivity index (χ0) is 23.6. The van der Waals surface area contributed by atoms with E-state index in [1.807, 2.05) is 9.80 Å². The molecule has 1 unspecified atom stereocenters. The lowest BCUT2D eigenvalue weighted by Gasteiger charge is -2.39. The quantitative estimate of drug-likeness (QED) is 0.469. The van der Waals surface area contributed by atoms with Crippen LogP contribution in [-0.4, -0.2) is 80.4 Å². The molecule has 3 heterocycles. The average Bonchev–Trinajstić information content (AvgIpc) is 2.84. The summed E-state index contributed by atoms with van der Waals surface area (Å²) in [6.07, 6.45) is 4.50. The van der Waals surface area contributed by atoms with Crippen LogP contribution in [0.4, 0.5) is 11.4 Å². The van der Waals surface area contributed by atoms with Gasteiger partial charge in [-0.05, 0) is 51.2 Å². The number of benzene rings is 1. The summed E-state index contributed by atoms with van der Waals surface area (Å²) in [5.74, 6) is 0.130. The molecule has 0 bridgehead atoms. The Morgan fingerprint density at radius 2 is 1.76 bits per heavy atom. The number of piperidine rings is 2. The lowest BCUT2D eigenvalue weighted by Crippen LogP contribution is -2.47. The van der Waals surface area contributed by atoms with Gasteiger partial charge in [0.15, 0.2) is 0 Å². The summed E-state index contributed by atoms with van der Waals surface area (Å²) in [6.45, 7) is 5.04. The van der Waals surface area contributed by atoms with Gasteiger partial charge in [-0.25, -0.2) is 8.42 Å². The topological polar surface area (TPSA) is 113 Å². The highest BCUT2D eigenvalue weighted by Gasteiger charge is 2.34. The molecule has 10 nitrogen and oxygen atoms in total. The second kappa shape index (κ2) is 9.94. The van der Waals surface area contributed by atoms with Crippen LogP contribution in [0.25, 0.3) is 0 Å². The number of hydrogen-bond donors (Lipinski definition) is 0. The molecule has 0 spiro atoms. The molecular formula is C22H32N4O6S. The van der Waals surface area contributed by atoms with E-state index in [-0.39, 0.29) is 41.5 Å². The molecule has 1 amide bonds. The molecule has 1 atom stereocenters. The van der Waals surface area contributed by atoms with Gasteiger partial charge in [0.25, 0.3) is 5.69 Å². The first-order valence-electron chi connectivity index (χ1n) is 11.7. The minimum absolute atomic E-state index is 0.0678. The van der Waals surface area contributed by atoms with Crippen molar-refractivity contribution in [2.75, 3.05) is 50.8 Å². The zero-order valence-corrected chi connectivity index (χ0v) is 19.8. The Kier molecular flexibility index (Phi) is 7.20. The molecule has 182 valence electrons. The third kappa shape index (κ3) is 4.99. The fraction of sp³-hybridized carbons (Fsp3) is 0.682. The summed E-state index contributed by atoms with van der Waals surface area (Å²) in [7, 11) is -3.82. The standard InChI is InChI=1S/C22H32N4O6S/c1-17-4-2-3-9-25(17)22(27)18-7-10-23(11-8-18)20-6-5-19(16-21(20)26(28)29)33(30,31)24-12-14-32-15-13-24/h5-6,16-18H,2-4,7-15H2,1H3. The van der Waals surface area contributed by atoms with Gasteiger partial charge >= 0.3 is 0 Å². The Morgan fingerprint density at radius 3 is 2.39 bits per heavy atom. The zero-order valence-electron chi connectivity index (χ0n) is 19.0. The number of nitrogens with zero attached hydrogens (tertiary/aromatic N) is 4. The van der Waals surface area contributed by atoms with Gasteiger partial charge in [0.2, 0.25) is 15.9 Å². The Hall–Kier alpha value is -2.24. The van der Waals surface area contributed by atoms with Crippen LogP contribution in [0.5, 0.6) is 0 Å². The molecule has 33 heavy (non-hydrogen) atoms. The Bertz CT molecular complexity index is 987. The molecule has 3 aliphatic rings. The van der Waals surface area contributed by atoms with Crippen molar-refractivity contribution < 1.29 is 22.9 Å². The Balaban J connectivity index is 1.48. The van der Waals surface area contributed by atoms with Crippen molar-refractivity contribution in [3.05, 3.63) is 28.3 Å². The highest BCUT2D eigenvalue weighted by molar-refractivity contribution is 7.89. The van der Waals surface area contributed by atoms with Crippen LogP contribution < -0.4 is 4.90 Å². The van der Waals surface area contributed by atoms with E-state index < -0.39 is 14.9 Å². The maximum atomic E-state index is 13.0. The molecule has 0 aliphatic carbocycles. The van der Waals surface area contributed by atoms with E-state index in [2.05, 4.69) is 6.92 Å². The molecule has 11 heteroatoms. The molecule has 0 aromatic heterocycles. The number of likely N-dealkylation sites (tertiary alicyclic amines) is 1. The number of morpholine rings is 1. The van der Waals surface area contributed by atoms with Gasteiger partial charge in [0.05, 0.1) is 23.0 Å². The van der Waals surface area contributed by atoms with E-state index in [0.29, 0.717) is 44.8 Å². The first kappa shape index (κ1) is 23.9. The SMILES string of the molecule is CC1CCCCN1C(=O)C1CCN(c2ccc(S(=O)(=O)N3CCOCC3)cc2[N+](=O)[O-])CC1. The molecule has 0 radical (unpaired) electrons. The summed E-state index contributed by atoms with van der Waals surface area (Å²) in [6, 6.07) is 4.40. The number of carbonyl (C=O) groups excluding carboxylic acids is 1. The number of sulfonamides is 1. The van der Waals surface area contributed by atoms with E-state index >= 15 is 0 Å². The van der Waals surface area contributed by atoms with E-state index in [1.54, 1.807) is 0 Å². The predicted octanol–water partition coefficient (Wildman–Crippen LogP) is 2.23. The van der Waals surface area contributed by atoms with E-state index in [4.69, 9.17) is 4.74 Å². The van der Waals surface area contributed by atoms with Gasteiger partial charge in [-0.1, -0.05) is 0 Å². The van der Waals surface area contributed by atoms with Crippen LogP contribution in [0.15, 0.2) is 23.1 Å². The van der Waals surface area contributed by atoms with Crippen molar-refractivity contribution in [3.8, 4) is 0 Å². The number of anilines is 1. The maximum Gasteiger partial charge on any atom is 0.293 e. The summed E-state index contributed by atoms with van der Waals surface area (Å²) in [5, 5.41) is 11.8. The molecule has 0 saturated carbocycles. The van der Waals surface area contributed by atoms with Crippen molar-refractivity contribution in [1.82, 2.24) is 9.21 Å². The number of nitro groups is 1. The molecule has 1 aromatic rings. The summed E-state index contributed by atoms with van der Waals surface area (Å²) < 4.78 is 32.4. The lowest BCUT2D eigenvalue weighted by atomic mass is 9.92. The monoisotopic (exact) mass is 480 g/mol. The van der Waals surface area contributed by atoms with Crippen molar-refractivity contribution in [3.63, 3.8) is 0 Å².